The number of sulfonamides is 1. The van der Waals surface area contributed by atoms with E-state index in [-0.39, 0.29) is 28.4 Å². The highest BCUT2D eigenvalue weighted by Gasteiger charge is 2.30. The van der Waals surface area contributed by atoms with E-state index in [2.05, 4.69) is 21.2 Å². The third-order valence-electron chi connectivity index (χ3n) is 2.87. The third-order valence-corrected chi connectivity index (χ3v) is 6.18. The molecular formula is C11H15BrCl2N2O2S. The largest absolute Gasteiger partial charge is 0.312 e. The molecule has 0 amide bonds. The fourth-order valence-electron chi connectivity index (χ4n) is 1.94. The summed E-state index contributed by atoms with van der Waals surface area (Å²) in [5.74, 6) is 0. The zero-order valence-corrected chi connectivity index (χ0v) is 14.2. The molecule has 1 aliphatic heterocycles. The number of nitrogens with zero attached hydrogens (tertiary/aromatic N) is 1. The first-order valence-electron chi connectivity index (χ1n) is 5.60. The van der Waals surface area contributed by atoms with Crippen LogP contribution in [0.25, 0.3) is 0 Å². The molecule has 8 heteroatoms. The molecule has 1 heterocycles. The van der Waals surface area contributed by atoms with Gasteiger partial charge in [0.05, 0.1) is 5.02 Å². The molecule has 1 aromatic carbocycles. The molecule has 0 aliphatic carbocycles. The summed E-state index contributed by atoms with van der Waals surface area (Å²) in [6, 6.07) is 5.09. The Morgan fingerprint density at radius 1 is 1.47 bits per heavy atom. The molecule has 0 spiro atoms. The molecule has 19 heavy (non-hydrogen) atoms. The first-order chi connectivity index (χ1) is 8.43. The van der Waals surface area contributed by atoms with E-state index in [1.54, 1.807) is 12.1 Å². The van der Waals surface area contributed by atoms with Gasteiger partial charge in [0.25, 0.3) is 0 Å². The van der Waals surface area contributed by atoms with Crippen LogP contribution in [0.3, 0.4) is 0 Å². The molecule has 1 fully saturated rings. The molecule has 4 nitrogen and oxygen atoms in total. The lowest BCUT2D eigenvalue weighted by Gasteiger charge is -2.31. The van der Waals surface area contributed by atoms with Crippen LogP contribution in [0.4, 0.5) is 0 Å². The zero-order valence-electron chi connectivity index (χ0n) is 10.3. The maximum Gasteiger partial charge on any atom is 0.244 e. The predicted molar refractivity (Wildman–Crippen MR) is 82.6 cm³/mol. The molecule has 1 N–H and O–H groups in total. The van der Waals surface area contributed by atoms with Crippen LogP contribution in [-0.2, 0) is 10.0 Å². The smallest absolute Gasteiger partial charge is 0.244 e. The van der Waals surface area contributed by atoms with Gasteiger partial charge >= 0.3 is 0 Å². The van der Waals surface area contributed by atoms with Crippen molar-refractivity contribution in [1.82, 2.24) is 9.62 Å². The SMILES string of the molecule is C[C@H]1CN(S(=O)(=O)c2cccc(Br)c2Cl)CCN1.Cl. The van der Waals surface area contributed by atoms with Crippen LogP contribution in [0, 0.1) is 0 Å². The molecule has 1 aliphatic rings. The highest BCUT2D eigenvalue weighted by atomic mass is 79.9. The molecule has 0 saturated carbocycles. The first-order valence-corrected chi connectivity index (χ1v) is 8.21. The summed E-state index contributed by atoms with van der Waals surface area (Å²) in [7, 11) is -3.52. The summed E-state index contributed by atoms with van der Waals surface area (Å²) in [5.41, 5.74) is 0. The maximum atomic E-state index is 12.5. The molecule has 108 valence electrons. The van der Waals surface area contributed by atoms with Crippen molar-refractivity contribution in [3.8, 4) is 0 Å². The Balaban J connectivity index is 0.00000180. The number of halogens is 3. The number of benzene rings is 1. The van der Waals surface area contributed by atoms with Gasteiger partial charge in [-0.3, -0.25) is 0 Å². The molecular weight excluding hydrogens is 375 g/mol. The molecule has 0 aromatic heterocycles. The van der Waals surface area contributed by atoms with E-state index in [9.17, 15) is 8.42 Å². The van der Waals surface area contributed by atoms with Crippen LogP contribution in [0.2, 0.25) is 5.02 Å². The van der Waals surface area contributed by atoms with Gasteiger partial charge < -0.3 is 5.32 Å². The van der Waals surface area contributed by atoms with Gasteiger partial charge in [-0.2, -0.15) is 4.31 Å². The third kappa shape index (κ3) is 3.62. The van der Waals surface area contributed by atoms with Gasteiger partial charge in [0, 0.05) is 30.1 Å². The van der Waals surface area contributed by atoms with Gasteiger partial charge in [-0.25, -0.2) is 8.42 Å². The van der Waals surface area contributed by atoms with Crippen molar-refractivity contribution in [3.63, 3.8) is 0 Å². The van der Waals surface area contributed by atoms with E-state index in [1.165, 1.54) is 10.4 Å². The lowest BCUT2D eigenvalue weighted by Crippen LogP contribution is -2.51. The number of hydrogen-bond acceptors (Lipinski definition) is 3. The average Bonchev–Trinajstić information content (AvgIpc) is 2.32. The quantitative estimate of drug-likeness (QED) is 0.845. The van der Waals surface area contributed by atoms with Crippen molar-refractivity contribution in [2.45, 2.75) is 17.9 Å². The Hall–Kier alpha value is 0.150. The lowest BCUT2D eigenvalue weighted by atomic mass is 10.3. The topological polar surface area (TPSA) is 49.4 Å². The summed E-state index contributed by atoms with van der Waals surface area (Å²) in [5, 5.41) is 3.45. The number of piperazine rings is 1. The second-order valence-electron chi connectivity index (χ2n) is 4.27. The van der Waals surface area contributed by atoms with Crippen molar-refractivity contribution in [2.75, 3.05) is 19.6 Å². The van der Waals surface area contributed by atoms with E-state index >= 15 is 0 Å². The Labute approximate surface area is 133 Å². The summed E-state index contributed by atoms with van der Waals surface area (Å²) in [4.78, 5) is 0.160. The van der Waals surface area contributed by atoms with Crippen molar-refractivity contribution < 1.29 is 8.42 Å². The van der Waals surface area contributed by atoms with Gasteiger partial charge in [0.15, 0.2) is 0 Å². The molecule has 0 radical (unpaired) electrons. The highest BCUT2D eigenvalue weighted by Crippen LogP contribution is 2.31. The van der Waals surface area contributed by atoms with Crippen LogP contribution >= 0.6 is 39.9 Å². The van der Waals surface area contributed by atoms with Crippen molar-refractivity contribution in [3.05, 3.63) is 27.7 Å². The number of rotatable bonds is 2. The fourth-order valence-corrected chi connectivity index (χ4v) is 4.47. The Morgan fingerprint density at radius 2 is 2.16 bits per heavy atom. The second-order valence-corrected chi connectivity index (χ2v) is 7.41. The van der Waals surface area contributed by atoms with Crippen molar-refractivity contribution in [1.29, 1.82) is 0 Å². The molecule has 1 aromatic rings. The number of hydrogen-bond donors (Lipinski definition) is 1. The van der Waals surface area contributed by atoms with Gasteiger partial charge in [-0.15, -0.1) is 12.4 Å². The summed E-state index contributed by atoms with van der Waals surface area (Å²) >= 11 is 9.31. The number of nitrogens with one attached hydrogen (secondary N) is 1. The van der Waals surface area contributed by atoms with E-state index in [0.29, 0.717) is 24.1 Å². The van der Waals surface area contributed by atoms with Crippen LogP contribution in [0.15, 0.2) is 27.6 Å². The minimum atomic E-state index is -3.52. The molecule has 0 bridgehead atoms. The Kier molecular flexibility index (Phi) is 6.10. The van der Waals surface area contributed by atoms with Crippen LogP contribution in [-0.4, -0.2) is 38.4 Å². The van der Waals surface area contributed by atoms with E-state index in [0.717, 1.165) is 0 Å². The van der Waals surface area contributed by atoms with Gasteiger partial charge in [-0.1, -0.05) is 17.7 Å². The fraction of sp³-hybridized carbons (Fsp3) is 0.455. The van der Waals surface area contributed by atoms with E-state index < -0.39 is 10.0 Å². The summed E-state index contributed by atoms with van der Waals surface area (Å²) in [6.07, 6.45) is 0. The van der Waals surface area contributed by atoms with Crippen LogP contribution in [0.5, 0.6) is 0 Å². The maximum absolute atomic E-state index is 12.5. The average molecular weight is 390 g/mol. The normalized spacial score (nSPS) is 20.9. The van der Waals surface area contributed by atoms with Gasteiger partial charge in [0.2, 0.25) is 10.0 Å². The van der Waals surface area contributed by atoms with Gasteiger partial charge in [-0.05, 0) is 35.0 Å². The Morgan fingerprint density at radius 3 is 2.79 bits per heavy atom. The lowest BCUT2D eigenvalue weighted by molar-refractivity contribution is 0.310. The van der Waals surface area contributed by atoms with E-state index in [1.807, 2.05) is 6.92 Å². The van der Waals surface area contributed by atoms with Crippen molar-refractivity contribution in [2.24, 2.45) is 0 Å². The zero-order chi connectivity index (χ0) is 13.3. The summed E-state index contributed by atoms with van der Waals surface area (Å²) < 4.78 is 27.1. The highest BCUT2D eigenvalue weighted by molar-refractivity contribution is 9.10. The Bertz CT molecular complexity index is 554. The van der Waals surface area contributed by atoms with E-state index in [4.69, 9.17) is 11.6 Å². The molecule has 0 unspecified atom stereocenters. The van der Waals surface area contributed by atoms with Crippen molar-refractivity contribution >= 4 is 50.0 Å². The first kappa shape index (κ1) is 17.2. The molecule has 1 atom stereocenters. The van der Waals surface area contributed by atoms with Crippen LogP contribution < -0.4 is 5.32 Å². The minimum absolute atomic E-state index is 0. The van der Waals surface area contributed by atoms with Crippen LogP contribution in [0.1, 0.15) is 6.92 Å². The molecule has 1 saturated heterocycles. The predicted octanol–water partition coefficient (Wildman–Crippen LogP) is 2.51. The summed E-state index contributed by atoms with van der Waals surface area (Å²) in [6.45, 7) is 3.55. The van der Waals surface area contributed by atoms with Gasteiger partial charge in [0.1, 0.15) is 4.90 Å². The monoisotopic (exact) mass is 388 g/mol. The second kappa shape index (κ2) is 6.74. The minimum Gasteiger partial charge on any atom is -0.312 e. The standard InChI is InChI=1S/C11H14BrClN2O2S.ClH/c1-8-7-15(6-5-14-8)18(16,17)10-4-2-3-9(12)11(10)13;/h2-4,8,14H,5-7H2,1H3;1H/t8-;/m0./s1. The molecule has 2 rings (SSSR count).